The van der Waals surface area contributed by atoms with Crippen LogP contribution in [-0.2, 0) is 0 Å². The van der Waals surface area contributed by atoms with Crippen molar-refractivity contribution < 1.29 is 4.74 Å². The molecule has 19 heavy (non-hydrogen) atoms. The molecule has 0 unspecified atom stereocenters. The molecule has 96 valence electrons. The minimum atomic E-state index is 0.346. The number of fused-ring (bicyclic) bond motifs is 1. The number of nitrogens with zero attached hydrogens (tertiary/aromatic N) is 2. The Morgan fingerprint density at radius 2 is 2.05 bits per heavy atom. The fraction of sp³-hybridized carbons (Fsp3) is 0.0769. The van der Waals surface area contributed by atoms with Gasteiger partial charge in [-0.3, -0.25) is 5.43 Å². The number of anilines is 1. The average Bonchev–Trinajstić information content (AvgIpc) is 2.89. The van der Waals surface area contributed by atoms with E-state index in [0.717, 1.165) is 21.5 Å². The smallest absolute Gasteiger partial charge is 0.241 e. The maximum Gasteiger partial charge on any atom is 0.241 e. The summed E-state index contributed by atoms with van der Waals surface area (Å²) in [5.41, 5.74) is 3.50. The van der Waals surface area contributed by atoms with E-state index in [9.17, 15) is 0 Å². The number of nitrogens with one attached hydrogen (secondary N) is 1. The van der Waals surface area contributed by atoms with Gasteiger partial charge in [0.2, 0.25) is 11.8 Å². The number of hydrogen-bond acceptors (Lipinski definition) is 6. The van der Waals surface area contributed by atoms with Crippen molar-refractivity contribution >= 4 is 27.5 Å². The van der Waals surface area contributed by atoms with E-state index in [1.165, 1.54) is 11.3 Å². The summed E-state index contributed by atoms with van der Waals surface area (Å²) in [4.78, 5) is 9.37. The second kappa shape index (κ2) is 4.83. The summed E-state index contributed by atoms with van der Waals surface area (Å²) >= 11 is 1.52. The quantitative estimate of drug-likeness (QED) is 0.566. The van der Waals surface area contributed by atoms with Crippen LogP contribution in [0.2, 0.25) is 0 Å². The topological polar surface area (TPSA) is 73.1 Å². The van der Waals surface area contributed by atoms with Gasteiger partial charge in [-0.25, -0.2) is 10.8 Å². The number of para-hydroxylation sites is 1. The third-order valence-electron chi connectivity index (χ3n) is 2.72. The number of nitrogen functional groups attached to an aromatic ring is 1. The zero-order valence-corrected chi connectivity index (χ0v) is 11.1. The van der Waals surface area contributed by atoms with Gasteiger partial charge in [-0.2, -0.15) is 4.98 Å². The van der Waals surface area contributed by atoms with Crippen molar-refractivity contribution in [2.75, 3.05) is 5.43 Å². The van der Waals surface area contributed by atoms with E-state index < -0.39 is 0 Å². The standard InChI is InChI=1S/C13H12N4OS/c1-8-4-2-3-5-10(8)18-11-9-6-7-19-12(9)16-13(15-11)17-14/h2-7H,14H2,1H3,(H,15,16,17). The van der Waals surface area contributed by atoms with Crippen molar-refractivity contribution in [1.82, 2.24) is 9.97 Å². The first-order valence-corrected chi connectivity index (χ1v) is 6.61. The zero-order valence-electron chi connectivity index (χ0n) is 10.3. The lowest BCUT2D eigenvalue weighted by atomic mass is 10.2. The summed E-state index contributed by atoms with van der Waals surface area (Å²) in [7, 11) is 0. The van der Waals surface area contributed by atoms with E-state index in [1.54, 1.807) is 0 Å². The molecule has 0 fully saturated rings. The number of benzene rings is 1. The highest BCUT2D eigenvalue weighted by Gasteiger charge is 2.11. The van der Waals surface area contributed by atoms with Gasteiger partial charge in [-0.1, -0.05) is 18.2 Å². The molecule has 2 heterocycles. The van der Waals surface area contributed by atoms with Crippen LogP contribution in [0.1, 0.15) is 5.56 Å². The molecule has 0 radical (unpaired) electrons. The summed E-state index contributed by atoms with van der Waals surface area (Å²) in [6.07, 6.45) is 0. The number of aryl methyl sites for hydroxylation is 1. The van der Waals surface area contributed by atoms with Crippen LogP contribution in [0.3, 0.4) is 0 Å². The van der Waals surface area contributed by atoms with Gasteiger partial charge in [0.15, 0.2) is 0 Å². The van der Waals surface area contributed by atoms with Crippen LogP contribution >= 0.6 is 11.3 Å². The number of nitrogens with two attached hydrogens (primary N) is 1. The molecule has 5 nitrogen and oxygen atoms in total. The maximum absolute atomic E-state index is 5.88. The van der Waals surface area contributed by atoms with Crippen LogP contribution in [0.15, 0.2) is 35.7 Å². The van der Waals surface area contributed by atoms with Gasteiger partial charge in [-0.05, 0) is 30.0 Å². The first-order valence-electron chi connectivity index (χ1n) is 5.73. The SMILES string of the molecule is Cc1ccccc1Oc1nc(NN)nc2sccc12. The number of aromatic nitrogens is 2. The van der Waals surface area contributed by atoms with Crippen molar-refractivity contribution in [3.05, 3.63) is 41.3 Å². The van der Waals surface area contributed by atoms with Crippen LogP contribution in [0.25, 0.3) is 10.2 Å². The molecule has 0 saturated heterocycles. The van der Waals surface area contributed by atoms with Crippen LogP contribution < -0.4 is 16.0 Å². The Balaban J connectivity index is 2.09. The highest BCUT2D eigenvalue weighted by Crippen LogP contribution is 2.32. The molecule has 3 N–H and O–H groups in total. The minimum absolute atomic E-state index is 0.346. The van der Waals surface area contributed by atoms with Crippen molar-refractivity contribution in [3.8, 4) is 11.6 Å². The molecule has 3 aromatic rings. The van der Waals surface area contributed by atoms with Crippen molar-refractivity contribution in [3.63, 3.8) is 0 Å². The van der Waals surface area contributed by atoms with Crippen molar-refractivity contribution in [2.45, 2.75) is 6.92 Å². The van der Waals surface area contributed by atoms with E-state index in [0.29, 0.717) is 11.8 Å². The average molecular weight is 272 g/mol. The highest BCUT2D eigenvalue weighted by molar-refractivity contribution is 7.16. The van der Waals surface area contributed by atoms with Gasteiger partial charge in [0.25, 0.3) is 0 Å². The van der Waals surface area contributed by atoms with E-state index in [-0.39, 0.29) is 0 Å². The molecule has 0 aliphatic heterocycles. The largest absolute Gasteiger partial charge is 0.438 e. The lowest BCUT2D eigenvalue weighted by molar-refractivity contribution is 0.465. The van der Waals surface area contributed by atoms with Gasteiger partial charge in [-0.15, -0.1) is 11.3 Å². The van der Waals surface area contributed by atoms with Gasteiger partial charge in [0, 0.05) is 0 Å². The van der Waals surface area contributed by atoms with Gasteiger partial charge in [0.05, 0.1) is 5.39 Å². The number of ether oxygens (including phenoxy) is 1. The second-order valence-electron chi connectivity index (χ2n) is 4.00. The van der Waals surface area contributed by atoms with E-state index >= 15 is 0 Å². The molecule has 0 saturated carbocycles. The van der Waals surface area contributed by atoms with Gasteiger partial charge < -0.3 is 4.74 Å². The molecular weight excluding hydrogens is 260 g/mol. The molecule has 0 aliphatic carbocycles. The zero-order chi connectivity index (χ0) is 13.2. The number of hydrogen-bond donors (Lipinski definition) is 2. The molecule has 2 aromatic heterocycles. The molecule has 1 aromatic carbocycles. The summed E-state index contributed by atoms with van der Waals surface area (Å²) in [6, 6.07) is 9.73. The Morgan fingerprint density at radius 1 is 1.21 bits per heavy atom. The molecule has 0 bridgehead atoms. The van der Waals surface area contributed by atoms with E-state index in [1.807, 2.05) is 42.6 Å². The molecule has 0 aliphatic rings. The van der Waals surface area contributed by atoms with Crippen LogP contribution in [-0.4, -0.2) is 9.97 Å². The molecule has 3 rings (SSSR count). The Hall–Kier alpha value is -2.18. The van der Waals surface area contributed by atoms with Crippen LogP contribution in [0, 0.1) is 6.92 Å². The van der Waals surface area contributed by atoms with Gasteiger partial charge in [0.1, 0.15) is 10.6 Å². The number of rotatable bonds is 3. The first kappa shape index (κ1) is 11.9. The third-order valence-corrected chi connectivity index (χ3v) is 3.53. The van der Waals surface area contributed by atoms with Gasteiger partial charge >= 0.3 is 0 Å². The van der Waals surface area contributed by atoms with Crippen LogP contribution in [0.5, 0.6) is 11.6 Å². The van der Waals surface area contributed by atoms with Crippen molar-refractivity contribution in [1.29, 1.82) is 0 Å². The van der Waals surface area contributed by atoms with Crippen molar-refractivity contribution in [2.24, 2.45) is 5.84 Å². The predicted molar refractivity (Wildman–Crippen MR) is 76.5 cm³/mol. The lowest BCUT2D eigenvalue weighted by Gasteiger charge is -2.09. The molecule has 0 atom stereocenters. The van der Waals surface area contributed by atoms with Crippen LogP contribution in [0.4, 0.5) is 5.95 Å². The summed E-state index contributed by atoms with van der Waals surface area (Å²) in [5.74, 6) is 7.00. The molecule has 0 amide bonds. The Kier molecular flexibility index (Phi) is 3.02. The Labute approximate surface area is 114 Å². The number of thiophene rings is 1. The highest BCUT2D eigenvalue weighted by atomic mass is 32.1. The third kappa shape index (κ3) is 2.23. The minimum Gasteiger partial charge on any atom is -0.438 e. The lowest BCUT2D eigenvalue weighted by Crippen LogP contribution is -2.10. The predicted octanol–water partition coefficient (Wildman–Crippen LogP) is 3.08. The van der Waals surface area contributed by atoms with E-state index in [4.69, 9.17) is 10.6 Å². The molecule has 6 heteroatoms. The Bertz CT molecular complexity index is 725. The second-order valence-corrected chi connectivity index (χ2v) is 4.90. The van der Waals surface area contributed by atoms with E-state index in [2.05, 4.69) is 15.4 Å². The first-order chi connectivity index (χ1) is 9.28. The monoisotopic (exact) mass is 272 g/mol. The Morgan fingerprint density at radius 3 is 2.84 bits per heavy atom. The summed E-state index contributed by atoms with van der Waals surface area (Å²) in [5, 5.41) is 2.83. The number of hydrazine groups is 1. The summed E-state index contributed by atoms with van der Waals surface area (Å²) < 4.78 is 5.88. The molecule has 0 spiro atoms. The fourth-order valence-corrected chi connectivity index (χ4v) is 2.50. The fourth-order valence-electron chi connectivity index (χ4n) is 1.75. The summed E-state index contributed by atoms with van der Waals surface area (Å²) in [6.45, 7) is 1.99. The normalized spacial score (nSPS) is 10.6. The molecular formula is C13H12N4OS. The maximum atomic E-state index is 5.88.